The van der Waals surface area contributed by atoms with Crippen LogP contribution in [0.4, 0.5) is 0 Å². The molecule has 0 spiro atoms. The molecule has 1 aromatic heterocycles. The average molecular weight is 593 g/mol. The van der Waals surface area contributed by atoms with Crippen LogP contribution in [0.15, 0.2) is 97.1 Å². The number of hydrogen-bond acceptors (Lipinski definition) is 5. The lowest BCUT2D eigenvalue weighted by atomic mass is 9.97. The summed E-state index contributed by atoms with van der Waals surface area (Å²) in [6, 6.07) is 25.4. The zero-order valence-corrected chi connectivity index (χ0v) is 24.5. The van der Waals surface area contributed by atoms with Gasteiger partial charge in [0.15, 0.2) is 0 Å². The van der Waals surface area contributed by atoms with E-state index in [2.05, 4.69) is 20.9 Å². The molecule has 1 aliphatic heterocycles. The number of amides is 3. The highest BCUT2D eigenvalue weighted by Crippen LogP contribution is 2.28. The molecule has 226 valence electrons. The van der Waals surface area contributed by atoms with Gasteiger partial charge in [0.2, 0.25) is 11.8 Å². The van der Waals surface area contributed by atoms with Crippen LogP contribution in [0.2, 0.25) is 0 Å². The van der Waals surface area contributed by atoms with Gasteiger partial charge in [-0.25, -0.2) is 4.79 Å². The lowest BCUT2D eigenvalue weighted by Crippen LogP contribution is -2.51. The fourth-order valence-corrected chi connectivity index (χ4v) is 5.47. The lowest BCUT2D eigenvalue weighted by Gasteiger charge is -2.23. The Bertz CT molecular complexity index is 1660. The molecular formula is C35H36N4O5. The molecule has 3 amide bonds. The van der Waals surface area contributed by atoms with Crippen LogP contribution in [0, 0.1) is 5.92 Å². The summed E-state index contributed by atoms with van der Waals surface area (Å²) in [5, 5.41) is 10.8. The van der Waals surface area contributed by atoms with Gasteiger partial charge in [0.25, 0.3) is 5.91 Å². The van der Waals surface area contributed by atoms with E-state index in [-0.39, 0.29) is 24.9 Å². The minimum absolute atomic E-state index is 0.0864. The quantitative estimate of drug-likeness (QED) is 0.144. The minimum atomic E-state index is -0.926. The number of ether oxygens (including phenoxy) is 1. The number of esters is 1. The van der Waals surface area contributed by atoms with Crippen LogP contribution in [0.25, 0.3) is 22.0 Å². The summed E-state index contributed by atoms with van der Waals surface area (Å²) in [5.74, 6) is -1.79. The SMILES string of the molecule is CCOC(=O)/C=C/[C@@H](C[C@H]1CCNC1=O)NC(=O)[C@@H](Cc1ccccc1)NC(=O)c1ccc(-c2cccc3ccccc23)[nH]1. The molecule has 9 nitrogen and oxygen atoms in total. The first-order chi connectivity index (χ1) is 21.4. The summed E-state index contributed by atoms with van der Waals surface area (Å²) in [5.41, 5.74) is 2.94. The van der Waals surface area contributed by atoms with Crippen molar-refractivity contribution < 1.29 is 23.9 Å². The van der Waals surface area contributed by atoms with Gasteiger partial charge in [-0.1, -0.05) is 78.9 Å². The van der Waals surface area contributed by atoms with Gasteiger partial charge < -0.3 is 25.7 Å². The molecule has 0 saturated carbocycles. The molecule has 1 aliphatic rings. The predicted molar refractivity (Wildman–Crippen MR) is 169 cm³/mol. The number of H-pyrrole nitrogens is 1. The smallest absolute Gasteiger partial charge is 0.330 e. The Balaban J connectivity index is 1.36. The van der Waals surface area contributed by atoms with Crippen LogP contribution < -0.4 is 16.0 Å². The highest BCUT2D eigenvalue weighted by Gasteiger charge is 2.29. The fourth-order valence-electron chi connectivity index (χ4n) is 5.47. The Labute approximate surface area is 256 Å². The van der Waals surface area contributed by atoms with Crippen molar-refractivity contribution in [3.05, 3.63) is 108 Å². The summed E-state index contributed by atoms with van der Waals surface area (Å²) >= 11 is 0. The van der Waals surface area contributed by atoms with Gasteiger partial charge in [0, 0.05) is 42.3 Å². The molecule has 9 heteroatoms. The number of aromatic amines is 1. The second kappa shape index (κ2) is 14.3. The molecule has 3 aromatic carbocycles. The molecule has 0 unspecified atom stereocenters. The Morgan fingerprint density at radius 2 is 1.73 bits per heavy atom. The zero-order chi connectivity index (χ0) is 30.9. The molecule has 0 aliphatic carbocycles. The summed E-state index contributed by atoms with van der Waals surface area (Å²) in [7, 11) is 0. The Morgan fingerprint density at radius 1 is 0.955 bits per heavy atom. The Hall–Kier alpha value is -5.18. The minimum Gasteiger partial charge on any atom is -0.463 e. The number of aromatic nitrogens is 1. The van der Waals surface area contributed by atoms with Crippen molar-refractivity contribution in [2.75, 3.05) is 13.2 Å². The van der Waals surface area contributed by atoms with Crippen LogP contribution in [0.1, 0.15) is 35.8 Å². The van der Waals surface area contributed by atoms with Crippen molar-refractivity contribution in [2.24, 2.45) is 5.92 Å². The summed E-state index contributed by atoms with van der Waals surface area (Å²) in [4.78, 5) is 54.8. The molecule has 4 aromatic rings. The van der Waals surface area contributed by atoms with Crippen molar-refractivity contribution in [3.63, 3.8) is 0 Å². The molecule has 5 rings (SSSR count). The maximum Gasteiger partial charge on any atom is 0.330 e. The zero-order valence-electron chi connectivity index (χ0n) is 24.5. The van der Waals surface area contributed by atoms with Crippen molar-refractivity contribution in [2.45, 2.75) is 38.3 Å². The fraction of sp³-hybridized carbons (Fsp3) is 0.257. The van der Waals surface area contributed by atoms with Crippen LogP contribution in [0.3, 0.4) is 0 Å². The van der Waals surface area contributed by atoms with E-state index < -0.39 is 29.9 Å². The standard InChI is InChI=1S/C35H36N4O5/c1-2-44-32(40)18-15-26(22-25-19-20-36-33(25)41)37-35(43)31(21-23-9-4-3-5-10-23)39-34(42)30-17-16-29(38-30)28-14-8-12-24-11-6-7-13-27(24)28/h3-18,25-26,31,38H,2,19-22H2,1H3,(H,36,41)(H,37,43)(H,39,42)/b18-15+/t25-,26+,31-/m1/s1. The van der Waals surface area contributed by atoms with E-state index in [0.717, 1.165) is 27.6 Å². The molecule has 0 bridgehead atoms. The van der Waals surface area contributed by atoms with E-state index in [1.165, 1.54) is 6.08 Å². The molecule has 3 atom stereocenters. The highest BCUT2D eigenvalue weighted by molar-refractivity contribution is 5.99. The molecule has 1 fully saturated rings. The number of carbonyl (C=O) groups is 4. The van der Waals surface area contributed by atoms with E-state index in [1.807, 2.05) is 78.9 Å². The molecule has 1 saturated heterocycles. The average Bonchev–Trinajstić information content (AvgIpc) is 3.69. The van der Waals surface area contributed by atoms with E-state index in [1.54, 1.807) is 19.1 Å². The number of hydrogen-bond donors (Lipinski definition) is 4. The monoisotopic (exact) mass is 592 g/mol. The molecular weight excluding hydrogens is 556 g/mol. The van der Waals surface area contributed by atoms with Crippen molar-refractivity contribution in [1.29, 1.82) is 0 Å². The first-order valence-corrected chi connectivity index (χ1v) is 14.9. The second-order valence-electron chi connectivity index (χ2n) is 10.8. The maximum atomic E-state index is 13.7. The summed E-state index contributed by atoms with van der Waals surface area (Å²) in [6.45, 7) is 2.49. The van der Waals surface area contributed by atoms with Gasteiger partial charge in [0.1, 0.15) is 11.7 Å². The first kappa shape index (κ1) is 30.3. The van der Waals surface area contributed by atoms with Crippen molar-refractivity contribution in [1.82, 2.24) is 20.9 Å². The first-order valence-electron chi connectivity index (χ1n) is 14.9. The Kier molecular flexibility index (Phi) is 9.86. The van der Waals surface area contributed by atoms with Gasteiger partial charge in [-0.2, -0.15) is 0 Å². The summed E-state index contributed by atoms with van der Waals surface area (Å²) in [6.07, 6.45) is 4.00. The molecule has 0 radical (unpaired) electrons. The normalized spacial score (nSPS) is 15.9. The highest BCUT2D eigenvalue weighted by atomic mass is 16.5. The van der Waals surface area contributed by atoms with Crippen LogP contribution >= 0.6 is 0 Å². The van der Waals surface area contributed by atoms with Crippen molar-refractivity contribution >= 4 is 34.5 Å². The molecule has 44 heavy (non-hydrogen) atoms. The van der Waals surface area contributed by atoms with Gasteiger partial charge in [-0.3, -0.25) is 14.4 Å². The Morgan fingerprint density at radius 3 is 2.50 bits per heavy atom. The number of carbonyl (C=O) groups excluding carboxylic acids is 4. The second-order valence-corrected chi connectivity index (χ2v) is 10.8. The van der Waals surface area contributed by atoms with E-state index in [0.29, 0.717) is 25.1 Å². The van der Waals surface area contributed by atoms with Crippen LogP contribution in [0.5, 0.6) is 0 Å². The van der Waals surface area contributed by atoms with Gasteiger partial charge in [0.05, 0.1) is 6.61 Å². The molecule has 4 N–H and O–H groups in total. The van der Waals surface area contributed by atoms with Gasteiger partial charge in [-0.05, 0) is 48.2 Å². The number of rotatable bonds is 12. The van der Waals surface area contributed by atoms with E-state index in [4.69, 9.17) is 4.74 Å². The topological polar surface area (TPSA) is 129 Å². The predicted octanol–water partition coefficient (Wildman–Crippen LogP) is 4.31. The third-order valence-electron chi connectivity index (χ3n) is 7.70. The largest absolute Gasteiger partial charge is 0.463 e. The van der Waals surface area contributed by atoms with E-state index >= 15 is 0 Å². The third-order valence-corrected chi connectivity index (χ3v) is 7.70. The number of nitrogens with one attached hydrogen (secondary N) is 4. The summed E-state index contributed by atoms with van der Waals surface area (Å²) < 4.78 is 5.00. The van der Waals surface area contributed by atoms with Crippen molar-refractivity contribution in [3.8, 4) is 11.3 Å². The lowest BCUT2D eigenvalue weighted by molar-refractivity contribution is -0.137. The van der Waals surface area contributed by atoms with Gasteiger partial charge >= 0.3 is 5.97 Å². The van der Waals surface area contributed by atoms with Gasteiger partial charge in [-0.15, -0.1) is 0 Å². The number of fused-ring (bicyclic) bond motifs is 1. The third kappa shape index (κ3) is 7.60. The molecule has 2 heterocycles. The van der Waals surface area contributed by atoms with E-state index in [9.17, 15) is 19.2 Å². The van der Waals surface area contributed by atoms with Crippen LogP contribution in [-0.4, -0.2) is 53.9 Å². The maximum absolute atomic E-state index is 13.7. The van der Waals surface area contributed by atoms with Crippen LogP contribution in [-0.2, 0) is 25.5 Å². The number of benzene rings is 3.